The zero-order chi connectivity index (χ0) is 13.1. The van der Waals surface area contributed by atoms with E-state index in [1.54, 1.807) is 6.92 Å². The average Bonchev–Trinajstić information content (AvgIpc) is 2.38. The molecule has 98 valence electrons. The van der Waals surface area contributed by atoms with Crippen LogP contribution in [0.4, 0.5) is 5.69 Å². The molecular weight excluding hydrogens is 266 g/mol. The molecule has 4 heteroatoms. The largest absolute Gasteiger partial charge is 0.371 e. The molecule has 0 unspecified atom stereocenters. The van der Waals surface area contributed by atoms with Gasteiger partial charge in [-0.1, -0.05) is 11.6 Å². The maximum atomic E-state index is 11.3. The summed E-state index contributed by atoms with van der Waals surface area (Å²) in [4.78, 5) is 13.7. The number of carbonyl (C=O) groups is 1. The molecule has 1 heterocycles. The van der Waals surface area contributed by atoms with Crippen LogP contribution in [0.25, 0.3) is 0 Å². The van der Waals surface area contributed by atoms with Crippen molar-refractivity contribution in [2.45, 2.75) is 25.0 Å². The van der Waals surface area contributed by atoms with Gasteiger partial charge in [0.1, 0.15) is 0 Å². The number of carbonyl (C=O) groups excluding carboxylic acids is 1. The van der Waals surface area contributed by atoms with Crippen molar-refractivity contribution in [3.05, 3.63) is 28.8 Å². The van der Waals surface area contributed by atoms with E-state index in [0.717, 1.165) is 24.0 Å². The molecule has 2 rings (SSSR count). The number of anilines is 1. The maximum absolute atomic E-state index is 11.3. The Morgan fingerprint density at radius 3 is 2.56 bits per heavy atom. The van der Waals surface area contributed by atoms with Crippen LogP contribution in [0.1, 0.15) is 30.1 Å². The van der Waals surface area contributed by atoms with Crippen molar-refractivity contribution in [1.82, 2.24) is 0 Å². The topological polar surface area (TPSA) is 20.3 Å². The number of halogens is 1. The molecule has 18 heavy (non-hydrogen) atoms. The fraction of sp³-hybridized carbons (Fsp3) is 0.500. The van der Waals surface area contributed by atoms with Crippen LogP contribution in [0.15, 0.2) is 18.2 Å². The van der Waals surface area contributed by atoms with E-state index in [1.165, 1.54) is 12.8 Å². The number of thioether (sulfide) groups is 1. The third-order valence-electron chi connectivity index (χ3n) is 3.47. The molecule has 0 amide bonds. The zero-order valence-electron chi connectivity index (χ0n) is 10.8. The summed E-state index contributed by atoms with van der Waals surface area (Å²) in [7, 11) is 0. The van der Waals surface area contributed by atoms with E-state index in [9.17, 15) is 4.79 Å². The third kappa shape index (κ3) is 3.01. The van der Waals surface area contributed by atoms with Crippen LogP contribution >= 0.6 is 23.4 Å². The summed E-state index contributed by atoms with van der Waals surface area (Å²) in [5.41, 5.74) is 1.74. The van der Waals surface area contributed by atoms with Gasteiger partial charge in [0.2, 0.25) is 0 Å². The number of rotatable bonds is 3. The van der Waals surface area contributed by atoms with Gasteiger partial charge >= 0.3 is 0 Å². The van der Waals surface area contributed by atoms with Gasteiger partial charge in [0.15, 0.2) is 5.78 Å². The van der Waals surface area contributed by atoms with Crippen LogP contribution in [0.2, 0.25) is 5.02 Å². The van der Waals surface area contributed by atoms with Crippen molar-refractivity contribution in [3.8, 4) is 0 Å². The summed E-state index contributed by atoms with van der Waals surface area (Å²) < 4.78 is 0. The number of piperidine rings is 1. The molecule has 0 aromatic heterocycles. The van der Waals surface area contributed by atoms with Gasteiger partial charge < -0.3 is 4.90 Å². The normalized spacial score (nSPS) is 16.9. The third-order valence-corrected chi connectivity index (χ3v) is 4.92. The van der Waals surface area contributed by atoms with Crippen LogP contribution in [0, 0.1) is 0 Å². The lowest BCUT2D eigenvalue weighted by Crippen LogP contribution is -2.34. The molecule has 1 fully saturated rings. The zero-order valence-corrected chi connectivity index (χ0v) is 12.4. The van der Waals surface area contributed by atoms with Gasteiger partial charge in [-0.3, -0.25) is 4.79 Å². The van der Waals surface area contributed by atoms with Crippen LogP contribution < -0.4 is 4.90 Å². The molecule has 1 aliphatic heterocycles. The molecule has 0 aliphatic carbocycles. The highest BCUT2D eigenvalue weighted by Crippen LogP contribution is 2.28. The molecule has 2 nitrogen and oxygen atoms in total. The lowest BCUT2D eigenvalue weighted by molar-refractivity contribution is 0.101. The lowest BCUT2D eigenvalue weighted by Gasteiger charge is -2.33. The van der Waals surface area contributed by atoms with Gasteiger partial charge in [-0.2, -0.15) is 11.8 Å². The number of nitrogens with zero attached hydrogens (tertiary/aromatic N) is 1. The fourth-order valence-corrected chi connectivity index (χ4v) is 3.33. The number of hydrogen-bond donors (Lipinski definition) is 0. The van der Waals surface area contributed by atoms with Crippen molar-refractivity contribution < 1.29 is 4.79 Å². The van der Waals surface area contributed by atoms with E-state index < -0.39 is 0 Å². The highest BCUT2D eigenvalue weighted by molar-refractivity contribution is 7.99. The molecule has 0 spiro atoms. The second-order valence-electron chi connectivity index (χ2n) is 4.64. The first-order valence-corrected chi connectivity index (χ1v) is 7.86. The Balaban J connectivity index is 2.11. The molecule has 0 saturated carbocycles. The fourth-order valence-electron chi connectivity index (χ4n) is 2.34. The standard InChI is InChI=1S/C14H18ClNOS/c1-10(17)13-4-3-11(9-14(13)15)16-7-5-12(18-2)6-8-16/h3-4,9,12H,5-8H2,1-2H3. The van der Waals surface area contributed by atoms with Gasteiger partial charge in [-0.05, 0) is 44.2 Å². The molecule has 1 saturated heterocycles. The average molecular weight is 284 g/mol. The van der Waals surface area contributed by atoms with Crippen LogP contribution in [-0.2, 0) is 0 Å². The quantitative estimate of drug-likeness (QED) is 0.786. The molecule has 1 aromatic carbocycles. The van der Waals surface area contributed by atoms with Crippen LogP contribution in [-0.4, -0.2) is 30.4 Å². The van der Waals surface area contributed by atoms with Crippen LogP contribution in [0.3, 0.4) is 0 Å². The minimum absolute atomic E-state index is 0.0210. The molecule has 0 N–H and O–H groups in total. The summed E-state index contributed by atoms with van der Waals surface area (Å²) in [5, 5.41) is 1.35. The SMILES string of the molecule is CSC1CCN(c2ccc(C(C)=O)c(Cl)c2)CC1. The minimum Gasteiger partial charge on any atom is -0.371 e. The van der Waals surface area contributed by atoms with Gasteiger partial charge in [0, 0.05) is 29.6 Å². The highest BCUT2D eigenvalue weighted by atomic mass is 35.5. The first kappa shape index (κ1) is 13.8. The predicted molar refractivity (Wildman–Crippen MR) is 80.2 cm³/mol. The van der Waals surface area contributed by atoms with Gasteiger partial charge in [0.25, 0.3) is 0 Å². The van der Waals surface area contributed by atoms with Crippen molar-refractivity contribution in [2.24, 2.45) is 0 Å². The van der Waals surface area contributed by atoms with Crippen molar-refractivity contribution in [1.29, 1.82) is 0 Å². The number of Topliss-reactive ketones (excluding diaryl/α,β-unsaturated/α-hetero) is 1. The molecule has 1 aromatic rings. The van der Waals surface area contributed by atoms with E-state index in [2.05, 4.69) is 11.2 Å². The van der Waals surface area contributed by atoms with Gasteiger partial charge in [-0.15, -0.1) is 0 Å². The summed E-state index contributed by atoms with van der Waals surface area (Å²) in [5.74, 6) is 0.0210. The van der Waals surface area contributed by atoms with Crippen molar-refractivity contribution >= 4 is 34.8 Å². The first-order chi connectivity index (χ1) is 8.61. The van der Waals surface area contributed by atoms with Gasteiger partial charge in [0.05, 0.1) is 5.02 Å². The second-order valence-corrected chi connectivity index (χ2v) is 6.19. The van der Waals surface area contributed by atoms with E-state index >= 15 is 0 Å². The number of ketones is 1. The Labute approximate surface area is 118 Å². The van der Waals surface area contributed by atoms with Crippen molar-refractivity contribution in [2.75, 3.05) is 24.2 Å². The van der Waals surface area contributed by atoms with Crippen LogP contribution in [0.5, 0.6) is 0 Å². The molecule has 0 radical (unpaired) electrons. The Hall–Kier alpha value is -0.670. The minimum atomic E-state index is 0.0210. The summed E-state index contributed by atoms with van der Waals surface area (Å²) in [6, 6.07) is 5.75. The molecule has 1 aliphatic rings. The summed E-state index contributed by atoms with van der Waals surface area (Å²) >= 11 is 8.10. The Bertz CT molecular complexity index is 441. The van der Waals surface area contributed by atoms with Crippen molar-refractivity contribution in [3.63, 3.8) is 0 Å². The Kier molecular flexibility index (Phi) is 4.57. The van der Waals surface area contributed by atoms with E-state index in [4.69, 9.17) is 11.6 Å². The molecule has 0 atom stereocenters. The Morgan fingerprint density at radius 2 is 2.06 bits per heavy atom. The summed E-state index contributed by atoms with van der Waals surface area (Å²) in [6.07, 6.45) is 4.61. The summed E-state index contributed by atoms with van der Waals surface area (Å²) in [6.45, 7) is 3.69. The van der Waals surface area contributed by atoms with Gasteiger partial charge in [-0.25, -0.2) is 0 Å². The molecular formula is C14H18ClNOS. The smallest absolute Gasteiger partial charge is 0.161 e. The number of hydrogen-bond acceptors (Lipinski definition) is 3. The lowest BCUT2D eigenvalue weighted by atomic mass is 10.1. The van der Waals surface area contributed by atoms with E-state index in [1.807, 2.05) is 30.0 Å². The number of benzene rings is 1. The van der Waals surface area contributed by atoms with E-state index in [0.29, 0.717) is 10.6 Å². The Morgan fingerprint density at radius 1 is 1.39 bits per heavy atom. The maximum Gasteiger partial charge on any atom is 0.161 e. The van der Waals surface area contributed by atoms with E-state index in [-0.39, 0.29) is 5.78 Å². The monoisotopic (exact) mass is 283 g/mol. The molecule has 0 bridgehead atoms. The highest BCUT2D eigenvalue weighted by Gasteiger charge is 2.19. The first-order valence-electron chi connectivity index (χ1n) is 6.20. The second kappa shape index (κ2) is 5.98. The predicted octanol–water partition coefficient (Wildman–Crippen LogP) is 3.87.